The minimum Gasteiger partial charge on any atom is -0.494 e. The molecule has 7 heteroatoms. The van der Waals surface area contributed by atoms with Crippen LogP contribution >= 0.6 is 11.3 Å². The fourth-order valence-electron chi connectivity index (χ4n) is 2.35. The van der Waals surface area contributed by atoms with E-state index in [1.165, 1.54) is 13.2 Å². The van der Waals surface area contributed by atoms with Crippen LogP contribution in [0.25, 0.3) is 11.0 Å². The average Bonchev–Trinajstić information content (AvgIpc) is 3.00. The minimum atomic E-state index is -0.451. The molecule has 0 saturated heterocycles. The third-order valence-electron chi connectivity index (χ3n) is 3.37. The van der Waals surface area contributed by atoms with Crippen molar-refractivity contribution in [3.63, 3.8) is 0 Å². The van der Waals surface area contributed by atoms with Crippen molar-refractivity contribution >= 4 is 28.3 Å². The first-order valence-electron chi connectivity index (χ1n) is 6.44. The van der Waals surface area contributed by atoms with E-state index < -0.39 is 5.82 Å². The number of thiazole rings is 1. The smallest absolute Gasteiger partial charge is 0.201 e. The van der Waals surface area contributed by atoms with Crippen LogP contribution in [0.5, 0.6) is 5.75 Å². The summed E-state index contributed by atoms with van der Waals surface area (Å²) in [5.74, 6) is 0.0524. The van der Waals surface area contributed by atoms with Gasteiger partial charge in [0.25, 0.3) is 0 Å². The Morgan fingerprint density at radius 3 is 2.81 bits per heavy atom. The number of hydrogen-bond acceptors (Lipinski definition) is 5. The molecule has 2 heterocycles. The van der Waals surface area contributed by atoms with Crippen LogP contribution in [0.3, 0.4) is 0 Å². The molecule has 0 fully saturated rings. The van der Waals surface area contributed by atoms with Gasteiger partial charge in [-0.25, -0.2) is 14.4 Å². The summed E-state index contributed by atoms with van der Waals surface area (Å²) in [7, 11) is 1.43. The molecule has 0 aliphatic carbocycles. The highest BCUT2D eigenvalue weighted by Crippen LogP contribution is 2.32. The first-order chi connectivity index (χ1) is 10.0. The third kappa shape index (κ3) is 2.23. The van der Waals surface area contributed by atoms with Gasteiger partial charge in [-0.1, -0.05) is 0 Å². The van der Waals surface area contributed by atoms with E-state index in [0.29, 0.717) is 11.5 Å². The van der Waals surface area contributed by atoms with E-state index in [1.807, 2.05) is 24.6 Å². The van der Waals surface area contributed by atoms with E-state index in [0.717, 1.165) is 15.4 Å². The van der Waals surface area contributed by atoms with Gasteiger partial charge >= 0.3 is 0 Å². The number of halogens is 1. The number of rotatable bonds is 3. The molecule has 1 unspecified atom stereocenters. The number of benzene rings is 1. The summed E-state index contributed by atoms with van der Waals surface area (Å²) < 4.78 is 20.6. The summed E-state index contributed by atoms with van der Waals surface area (Å²) in [6, 6.07) is 2.87. The molecule has 3 aromatic rings. The van der Waals surface area contributed by atoms with E-state index in [1.54, 1.807) is 17.4 Å². The summed E-state index contributed by atoms with van der Waals surface area (Å²) in [6.45, 7) is 3.99. The molecule has 3 rings (SSSR count). The van der Waals surface area contributed by atoms with Crippen molar-refractivity contribution in [3.05, 3.63) is 34.0 Å². The van der Waals surface area contributed by atoms with Crippen LogP contribution in [0.2, 0.25) is 0 Å². The topological polar surface area (TPSA) is 66.0 Å². The number of nitrogen functional groups attached to an aromatic ring is 1. The summed E-state index contributed by atoms with van der Waals surface area (Å²) in [5.41, 5.74) is 7.24. The lowest BCUT2D eigenvalue weighted by Gasteiger charge is -2.14. The SMILES string of the molecule is COc1cc2c(cc1F)nc(N)n2C(C)c1ncc(C)s1. The Labute approximate surface area is 125 Å². The normalized spacial score (nSPS) is 12.8. The molecule has 0 spiro atoms. The molecule has 2 aromatic heterocycles. The Morgan fingerprint density at radius 2 is 2.19 bits per heavy atom. The molecular weight excluding hydrogens is 291 g/mol. The number of ether oxygens (including phenoxy) is 1. The monoisotopic (exact) mass is 306 g/mol. The summed E-state index contributed by atoms with van der Waals surface area (Å²) >= 11 is 1.60. The largest absolute Gasteiger partial charge is 0.494 e. The molecule has 5 nitrogen and oxygen atoms in total. The molecule has 21 heavy (non-hydrogen) atoms. The first-order valence-corrected chi connectivity index (χ1v) is 7.26. The van der Waals surface area contributed by atoms with Crippen LogP contribution in [0, 0.1) is 12.7 Å². The highest BCUT2D eigenvalue weighted by atomic mass is 32.1. The van der Waals surface area contributed by atoms with Crippen LogP contribution < -0.4 is 10.5 Å². The fourth-order valence-corrected chi connectivity index (χ4v) is 3.17. The van der Waals surface area contributed by atoms with E-state index in [2.05, 4.69) is 9.97 Å². The number of fused-ring (bicyclic) bond motifs is 1. The molecule has 0 radical (unpaired) electrons. The zero-order valence-electron chi connectivity index (χ0n) is 11.9. The van der Waals surface area contributed by atoms with E-state index in [9.17, 15) is 4.39 Å². The van der Waals surface area contributed by atoms with Gasteiger partial charge in [0, 0.05) is 23.2 Å². The van der Waals surface area contributed by atoms with Crippen LogP contribution in [0.1, 0.15) is 22.9 Å². The molecule has 1 aromatic carbocycles. The second-order valence-electron chi connectivity index (χ2n) is 4.80. The van der Waals surface area contributed by atoms with Crippen molar-refractivity contribution in [2.75, 3.05) is 12.8 Å². The van der Waals surface area contributed by atoms with Crippen LogP contribution in [0.4, 0.5) is 10.3 Å². The first kappa shape index (κ1) is 13.8. The lowest BCUT2D eigenvalue weighted by Crippen LogP contribution is -2.10. The van der Waals surface area contributed by atoms with Crippen LogP contribution in [-0.4, -0.2) is 21.6 Å². The molecule has 0 aliphatic heterocycles. The van der Waals surface area contributed by atoms with Crippen molar-refractivity contribution in [3.8, 4) is 5.75 Å². The second kappa shape index (κ2) is 5.00. The Bertz CT molecular complexity index is 811. The third-order valence-corrected chi connectivity index (χ3v) is 4.46. The van der Waals surface area contributed by atoms with Gasteiger partial charge in [-0.3, -0.25) is 0 Å². The maximum atomic E-state index is 13.8. The number of nitrogens with zero attached hydrogens (tertiary/aromatic N) is 3. The van der Waals surface area contributed by atoms with Crippen molar-refractivity contribution < 1.29 is 9.13 Å². The molecule has 110 valence electrons. The van der Waals surface area contributed by atoms with Gasteiger partial charge in [0.05, 0.1) is 24.2 Å². The quantitative estimate of drug-likeness (QED) is 0.807. The predicted molar refractivity (Wildman–Crippen MR) is 81.3 cm³/mol. The Kier molecular flexibility index (Phi) is 3.29. The molecule has 1 atom stereocenters. The number of aryl methyl sites for hydroxylation is 1. The summed E-state index contributed by atoms with van der Waals surface area (Å²) in [4.78, 5) is 9.74. The van der Waals surface area contributed by atoms with Crippen LogP contribution in [-0.2, 0) is 0 Å². The Hall–Kier alpha value is -2.15. The van der Waals surface area contributed by atoms with Gasteiger partial charge in [0.1, 0.15) is 5.01 Å². The number of imidazole rings is 1. The lowest BCUT2D eigenvalue weighted by molar-refractivity contribution is 0.387. The van der Waals surface area contributed by atoms with E-state index in [-0.39, 0.29) is 11.8 Å². The van der Waals surface area contributed by atoms with Crippen molar-refractivity contribution in [2.24, 2.45) is 0 Å². The minimum absolute atomic E-state index is 0.0798. The number of anilines is 1. The van der Waals surface area contributed by atoms with Crippen molar-refractivity contribution in [2.45, 2.75) is 19.9 Å². The molecular formula is C14H15FN4OS. The van der Waals surface area contributed by atoms with Gasteiger partial charge in [-0.05, 0) is 13.8 Å². The highest BCUT2D eigenvalue weighted by Gasteiger charge is 2.20. The van der Waals surface area contributed by atoms with Crippen LogP contribution in [0.15, 0.2) is 18.3 Å². The predicted octanol–water partition coefficient (Wildman–Crippen LogP) is 3.14. The zero-order valence-corrected chi connectivity index (χ0v) is 12.7. The molecule has 2 N–H and O–H groups in total. The lowest BCUT2D eigenvalue weighted by atomic mass is 10.2. The highest BCUT2D eigenvalue weighted by molar-refractivity contribution is 7.11. The van der Waals surface area contributed by atoms with Gasteiger partial charge in [-0.15, -0.1) is 11.3 Å². The fraction of sp³-hybridized carbons (Fsp3) is 0.286. The standard InChI is InChI=1S/C14H15FN4OS/c1-7-6-17-13(21-7)8(2)19-11-5-12(20-3)9(15)4-10(11)18-14(19)16/h4-6,8H,1-3H3,(H2,16,18). The average molecular weight is 306 g/mol. The van der Waals surface area contributed by atoms with E-state index in [4.69, 9.17) is 10.5 Å². The number of nitrogens with two attached hydrogens (primary N) is 1. The zero-order chi connectivity index (χ0) is 15.1. The number of methoxy groups -OCH3 is 1. The molecule has 0 amide bonds. The maximum Gasteiger partial charge on any atom is 0.201 e. The van der Waals surface area contributed by atoms with E-state index >= 15 is 0 Å². The Balaban J connectivity index is 2.19. The van der Waals surface area contributed by atoms with Gasteiger partial charge in [0.2, 0.25) is 5.95 Å². The molecule has 0 aliphatic rings. The molecule has 0 saturated carbocycles. The van der Waals surface area contributed by atoms with Crippen molar-refractivity contribution in [1.82, 2.24) is 14.5 Å². The number of aromatic nitrogens is 3. The van der Waals surface area contributed by atoms with Gasteiger partial charge in [0.15, 0.2) is 11.6 Å². The summed E-state index contributed by atoms with van der Waals surface area (Å²) in [6.07, 6.45) is 1.83. The summed E-state index contributed by atoms with van der Waals surface area (Å²) in [5, 5.41) is 0.932. The Morgan fingerprint density at radius 1 is 1.43 bits per heavy atom. The van der Waals surface area contributed by atoms with Crippen molar-refractivity contribution in [1.29, 1.82) is 0 Å². The second-order valence-corrected chi connectivity index (χ2v) is 6.07. The van der Waals surface area contributed by atoms with Gasteiger partial charge in [-0.2, -0.15) is 0 Å². The molecule has 0 bridgehead atoms. The number of hydrogen-bond donors (Lipinski definition) is 1. The van der Waals surface area contributed by atoms with Gasteiger partial charge < -0.3 is 15.0 Å². The maximum absolute atomic E-state index is 13.8.